The van der Waals surface area contributed by atoms with Crippen molar-refractivity contribution in [1.29, 1.82) is 0 Å². The van der Waals surface area contributed by atoms with Crippen molar-refractivity contribution >= 4 is 17.0 Å². The summed E-state index contributed by atoms with van der Waals surface area (Å²) in [5.41, 5.74) is 2.65. The zero-order valence-electron chi connectivity index (χ0n) is 15.9. The SMILES string of the molecule is O=C(CCn1c(=O)oc2ccccc21)N1CCN(CCc2ccccc2)CC1. The average Bonchev–Trinajstić information content (AvgIpc) is 3.06. The van der Waals surface area contributed by atoms with Gasteiger partial charge in [-0.2, -0.15) is 0 Å². The molecule has 1 fully saturated rings. The Hall–Kier alpha value is -2.86. The van der Waals surface area contributed by atoms with E-state index in [1.807, 2.05) is 29.2 Å². The van der Waals surface area contributed by atoms with Gasteiger partial charge in [0, 0.05) is 45.7 Å². The number of para-hydroxylation sites is 2. The molecule has 0 aliphatic carbocycles. The van der Waals surface area contributed by atoms with Crippen LogP contribution in [-0.2, 0) is 17.8 Å². The Bertz CT molecular complexity index is 985. The number of hydrogen-bond acceptors (Lipinski definition) is 4. The van der Waals surface area contributed by atoms with Crippen molar-refractivity contribution in [2.45, 2.75) is 19.4 Å². The number of carbonyl (C=O) groups is 1. The van der Waals surface area contributed by atoms with Gasteiger partial charge in [-0.15, -0.1) is 0 Å². The lowest BCUT2D eigenvalue weighted by Crippen LogP contribution is -2.49. The van der Waals surface area contributed by atoms with Crippen LogP contribution in [0.4, 0.5) is 0 Å². The van der Waals surface area contributed by atoms with Gasteiger partial charge in [0.05, 0.1) is 5.52 Å². The third-order valence-electron chi connectivity index (χ3n) is 5.41. The van der Waals surface area contributed by atoms with Gasteiger partial charge in [0.25, 0.3) is 0 Å². The molecule has 28 heavy (non-hydrogen) atoms. The molecule has 1 amide bonds. The van der Waals surface area contributed by atoms with E-state index < -0.39 is 5.76 Å². The van der Waals surface area contributed by atoms with Crippen molar-refractivity contribution in [2.75, 3.05) is 32.7 Å². The molecule has 0 unspecified atom stereocenters. The average molecular weight is 379 g/mol. The Morgan fingerprint density at radius 3 is 2.39 bits per heavy atom. The van der Waals surface area contributed by atoms with E-state index in [9.17, 15) is 9.59 Å². The van der Waals surface area contributed by atoms with Crippen LogP contribution in [0.1, 0.15) is 12.0 Å². The Labute approximate surface area is 164 Å². The molecule has 0 bridgehead atoms. The molecule has 0 radical (unpaired) electrons. The van der Waals surface area contributed by atoms with Crippen molar-refractivity contribution in [2.24, 2.45) is 0 Å². The standard InChI is InChI=1S/C22H25N3O3/c26-21(11-13-25-19-8-4-5-9-20(19)28-22(25)27)24-16-14-23(15-17-24)12-10-18-6-2-1-3-7-18/h1-9H,10-17H2. The summed E-state index contributed by atoms with van der Waals surface area (Å²) in [6, 6.07) is 17.8. The van der Waals surface area contributed by atoms with Crippen LogP contribution in [-0.4, -0.2) is 53.0 Å². The summed E-state index contributed by atoms with van der Waals surface area (Å²) in [6.07, 6.45) is 1.35. The molecular weight excluding hydrogens is 354 g/mol. The van der Waals surface area contributed by atoms with Gasteiger partial charge in [-0.3, -0.25) is 14.3 Å². The Morgan fingerprint density at radius 1 is 0.893 bits per heavy atom. The molecule has 1 saturated heterocycles. The summed E-state index contributed by atoms with van der Waals surface area (Å²) in [7, 11) is 0. The van der Waals surface area contributed by atoms with Crippen molar-refractivity contribution in [3.05, 3.63) is 70.7 Å². The zero-order valence-corrected chi connectivity index (χ0v) is 15.9. The zero-order chi connectivity index (χ0) is 19.3. The number of hydrogen-bond donors (Lipinski definition) is 0. The van der Waals surface area contributed by atoms with Crippen LogP contribution in [0.25, 0.3) is 11.1 Å². The molecule has 1 aliphatic heterocycles. The van der Waals surface area contributed by atoms with Crippen LogP contribution in [0.15, 0.2) is 63.8 Å². The molecule has 2 aromatic carbocycles. The summed E-state index contributed by atoms with van der Waals surface area (Å²) in [6.45, 7) is 4.65. The maximum Gasteiger partial charge on any atom is 0.419 e. The second-order valence-corrected chi connectivity index (χ2v) is 7.20. The van der Waals surface area contributed by atoms with Gasteiger partial charge >= 0.3 is 5.76 Å². The van der Waals surface area contributed by atoms with Gasteiger partial charge < -0.3 is 9.32 Å². The van der Waals surface area contributed by atoms with E-state index in [2.05, 4.69) is 29.2 Å². The third-order valence-corrected chi connectivity index (χ3v) is 5.41. The van der Waals surface area contributed by atoms with E-state index in [0.29, 0.717) is 18.5 Å². The maximum atomic E-state index is 12.6. The molecule has 6 nitrogen and oxygen atoms in total. The molecule has 6 heteroatoms. The number of fused-ring (bicyclic) bond motifs is 1. The number of amides is 1. The van der Waals surface area contributed by atoms with Gasteiger partial charge in [0.15, 0.2) is 5.58 Å². The Balaban J connectivity index is 1.26. The number of piperazine rings is 1. The van der Waals surface area contributed by atoms with E-state index in [4.69, 9.17) is 4.42 Å². The van der Waals surface area contributed by atoms with Crippen LogP contribution in [0, 0.1) is 0 Å². The van der Waals surface area contributed by atoms with Crippen LogP contribution < -0.4 is 5.76 Å². The first-order valence-corrected chi connectivity index (χ1v) is 9.83. The highest BCUT2D eigenvalue weighted by molar-refractivity contribution is 5.77. The van der Waals surface area contributed by atoms with Gasteiger partial charge in [-0.05, 0) is 24.1 Å². The van der Waals surface area contributed by atoms with Crippen LogP contribution in [0.5, 0.6) is 0 Å². The number of benzene rings is 2. The monoisotopic (exact) mass is 379 g/mol. The van der Waals surface area contributed by atoms with Crippen LogP contribution in [0.2, 0.25) is 0 Å². The molecule has 0 spiro atoms. The van der Waals surface area contributed by atoms with Crippen LogP contribution >= 0.6 is 0 Å². The van der Waals surface area contributed by atoms with Crippen molar-refractivity contribution in [3.8, 4) is 0 Å². The highest BCUT2D eigenvalue weighted by Crippen LogP contribution is 2.13. The minimum Gasteiger partial charge on any atom is -0.408 e. The van der Waals surface area contributed by atoms with E-state index in [-0.39, 0.29) is 5.91 Å². The van der Waals surface area contributed by atoms with Gasteiger partial charge in [-0.25, -0.2) is 4.79 Å². The molecule has 0 atom stereocenters. The number of aromatic nitrogens is 1. The van der Waals surface area contributed by atoms with Crippen molar-refractivity contribution < 1.29 is 9.21 Å². The van der Waals surface area contributed by atoms with E-state index in [1.54, 1.807) is 10.6 Å². The molecule has 146 valence electrons. The highest BCUT2D eigenvalue weighted by atomic mass is 16.4. The first-order chi connectivity index (χ1) is 13.7. The van der Waals surface area contributed by atoms with Gasteiger partial charge in [0.1, 0.15) is 0 Å². The molecule has 0 N–H and O–H groups in total. The fraction of sp³-hybridized carbons (Fsp3) is 0.364. The first kappa shape index (κ1) is 18.5. The quantitative estimate of drug-likeness (QED) is 0.660. The second kappa shape index (κ2) is 8.44. The molecule has 1 aromatic heterocycles. The summed E-state index contributed by atoms with van der Waals surface area (Å²) >= 11 is 0. The molecule has 2 heterocycles. The highest BCUT2D eigenvalue weighted by Gasteiger charge is 2.21. The van der Waals surface area contributed by atoms with Crippen molar-refractivity contribution in [3.63, 3.8) is 0 Å². The van der Waals surface area contributed by atoms with E-state index in [1.165, 1.54) is 5.56 Å². The number of rotatable bonds is 6. The molecular formula is C22H25N3O3. The topological polar surface area (TPSA) is 58.7 Å². The lowest BCUT2D eigenvalue weighted by Gasteiger charge is -2.34. The fourth-order valence-electron chi connectivity index (χ4n) is 3.74. The minimum absolute atomic E-state index is 0.0971. The third kappa shape index (κ3) is 4.17. The normalized spacial score (nSPS) is 15.2. The fourth-order valence-corrected chi connectivity index (χ4v) is 3.74. The Kier molecular flexibility index (Phi) is 5.58. The molecule has 3 aromatic rings. The van der Waals surface area contributed by atoms with E-state index in [0.717, 1.165) is 44.7 Å². The molecule has 4 rings (SSSR count). The number of oxazole rings is 1. The maximum absolute atomic E-state index is 12.6. The largest absolute Gasteiger partial charge is 0.419 e. The molecule has 1 aliphatic rings. The van der Waals surface area contributed by atoms with Crippen molar-refractivity contribution in [1.82, 2.24) is 14.4 Å². The van der Waals surface area contributed by atoms with Crippen LogP contribution in [0.3, 0.4) is 0 Å². The lowest BCUT2D eigenvalue weighted by atomic mass is 10.1. The van der Waals surface area contributed by atoms with Gasteiger partial charge in [-0.1, -0.05) is 42.5 Å². The number of aryl methyl sites for hydroxylation is 1. The number of nitrogens with zero attached hydrogens (tertiary/aromatic N) is 3. The Morgan fingerprint density at radius 2 is 1.61 bits per heavy atom. The van der Waals surface area contributed by atoms with E-state index >= 15 is 0 Å². The minimum atomic E-state index is -0.403. The first-order valence-electron chi connectivity index (χ1n) is 9.83. The predicted octanol–water partition coefficient (Wildman–Crippen LogP) is 2.37. The predicted molar refractivity (Wildman–Crippen MR) is 108 cm³/mol. The summed E-state index contributed by atoms with van der Waals surface area (Å²) < 4.78 is 6.78. The number of carbonyl (C=O) groups excluding carboxylic acids is 1. The molecule has 0 saturated carbocycles. The summed E-state index contributed by atoms with van der Waals surface area (Å²) in [4.78, 5) is 28.9. The van der Waals surface area contributed by atoms with Gasteiger partial charge in [0.2, 0.25) is 5.91 Å². The smallest absolute Gasteiger partial charge is 0.408 e. The summed E-state index contributed by atoms with van der Waals surface area (Å²) in [5, 5.41) is 0. The summed E-state index contributed by atoms with van der Waals surface area (Å²) in [5.74, 6) is -0.306. The lowest BCUT2D eigenvalue weighted by molar-refractivity contribution is -0.133. The second-order valence-electron chi connectivity index (χ2n) is 7.20.